The van der Waals surface area contributed by atoms with Gasteiger partial charge in [0.15, 0.2) is 11.6 Å². The third-order valence-corrected chi connectivity index (χ3v) is 3.06. The number of rotatable bonds is 3. The Morgan fingerprint density at radius 2 is 1.88 bits per heavy atom. The second-order valence-electron chi connectivity index (χ2n) is 3.48. The van der Waals surface area contributed by atoms with E-state index in [9.17, 15) is 13.2 Å². The molecule has 0 radical (unpaired) electrons. The van der Waals surface area contributed by atoms with E-state index in [1.807, 2.05) is 12.3 Å². The van der Waals surface area contributed by atoms with Gasteiger partial charge in [-0.1, -0.05) is 0 Å². The molecule has 0 aliphatic rings. The van der Waals surface area contributed by atoms with Crippen molar-refractivity contribution in [2.75, 3.05) is 5.32 Å². The van der Waals surface area contributed by atoms with Gasteiger partial charge in [0.2, 0.25) is 0 Å². The van der Waals surface area contributed by atoms with Gasteiger partial charge in [0.25, 0.3) is 0 Å². The molecule has 1 N–H and O–H groups in total. The largest absolute Gasteiger partial charge is 0.374 e. The quantitative estimate of drug-likeness (QED) is 0.911. The summed E-state index contributed by atoms with van der Waals surface area (Å²) in [7, 11) is 0. The lowest BCUT2D eigenvalue weighted by atomic mass is 10.3. The van der Waals surface area contributed by atoms with Crippen molar-refractivity contribution < 1.29 is 13.2 Å². The zero-order valence-corrected chi connectivity index (χ0v) is 9.75. The fourth-order valence-electron chi connectivity index (χ4n) is 1.36. The first-order valence-corrected chi connectivity index (χ1v) is 5.73. The third kappa shape index (κ3) is 2.76. The Morgan fingerprint density at radius 3 is 2.41 bits per heavy atom. The molecule has 0 saturated carbocycles. The van der Waals surface area contributed by atoms with Crippen LogP contribution >= 0.6 is 11.3 Å². The molecule has 0 fully saturated rings. The highest BCUT2D eigenvalue weighted by molar-refractivity contribution is 7.09. The summed E-state index contributed by atoms with van der Waals surface area (Å²) in [6.07, 6.45) is 0. The van der Waals surface area contributed by atoms with E-state index >= 15 is 0 Å². The zero-order valence-electron chi connectivity index (χ0n) is 8.93. The van der Waals surface area contributed by atoms with Gasteiger partial charge in [0.05, 0.1) is 6.54 Å². The second-order valence-corrected chi connectivity index (χ2v) is 4.42. The van der Waals surface area contributed by atoms with Crippen LogP contribution in [0.5, 0.6) is 0 Å². The Hall–Kier alpha value is -1.56. The van der Waals surface area contributed by atoms with Crippen molar-refractivity contribution in [2.45, 2.75) is 13.5 Å². The van der Waals surface area contributed by atoms with Crippen molar-refractivity contribution in [2.24, 2.45) is 0 Å². The van der Waals surface area contributed by atoms with Crippen LogP contribution in [-0.4, -0.2) is 4.98 Å². The van der Waals surface area contributed by atoms with Crippen molar-refractivity contribution in [3.8, 4) is 0 Å². The normalized spacial score (nSPS) is 10.6. The van der Waals surface area contributed by atoms with Gasteiger partial charge in [0, 0.05) is 23.2 Å². The number of anilines is 1. The maximum absolute atomic E-state index is 13.3. The molecule has 0 amide bonds. The molecule has 0 aliphatic carbocycles. The molecule has 0 saturated heterocycles. The van der Waals surface area contributed by atoms with E-state index < -0.39 is 17.5 Å². The van der Waals surface area contributed by atoms with E-state index in [2.05, 4.69) is 10.3 Å². The summed E-state index contributed by atoms with van der Waals surface area (Å²) < 4.78 is 39.2. The SMILES string of the molecule is Cc1csc(CNc2c(F)cc(F)cc2F)n1. The van der Waals surface area contributed by atoms with E-state index in [1.54, 1.807) is 0 Å². The number of aryl methyl sites for hydroxylation is 1. The summed E-state index contributed by atoms with van der Waals surface area (Å²) in [5, 5.41) is 5.12. The molecule has 2 rings (SSSR count). The summed E-state index contributed by atoms with van der Waals surface area (Å²) in [6.45, 7) is 2.04. The van der Waals surface area contributed by atoms with Crippen LogP contribution in [0.25, 0.3) is 0 Å². The van der Waals surface area contributed by atoms with E-state index in [0.29, 0.717) is 17.1 Å². The van der Waals surface area contributed by atoms with E-state index in [1.165, 1.54) is 11.3 Å². The summed E-state index contributed by atoms with van der Waals surface area (Å²) >= 11 is 1.39. The molecule has 2 aromatic rings. The number of hydrogen-bond donors (Lipinski definition) is 1. The van der Waals surface area contributed by atoms with Crippen LogP contribution in [0.4, 0.5) is 18.9 Å². The average Bonchev–Trinajstić information content (AvgIpc) is 2.62. The van der Waals surface area contributed by atoms with Gasteiger partial charge in [-0.2, -0.15) is 0 Å². The molecule has 0 bridgehead atoms. The standard InChI is InChI=1S/C11H9F3N2S/c1-6-5-17-10(16-6)4-15-11-8(13)2-7(12)3-9(11)14/h2-3,5,15H,4H2,1H3. The van der Waals surface area contributed by atoms with Gasteiger partial charge in [-0.15, -0.1) is 11.3 Å². The number of halogens is 3. The Bertz CT molecular complexity index is 516. The Morgan fingerprint density at radius 1 is 1.24 bits per heavy atom. The van der Waals surface area contributed by atoms with Crippen molar-refractivity contribution in [1.82, 2.24) is 4.98 Å². The number of nitrogens with one attached hydrogen (secondary N) is 1. The minimum absolute atomic E-state index is 0.206. The van der Waals surface area contributed by atoms with Crippen molar-refractivity contribution in [1.29, 1.82) is 0 Å². The van der Waals surface area contributed by atoms with Gasteiger partial charge in [-0.3, -0.25) is 0 Å². The van der Waals surface area contributed by atoms with Crippen molar-refractivity contribution >= 4 is 17.0 Å². The lowest BCUT2D eigenvalue weighted by molar-refractivity contribution is 0.547. The molecule has 2 nitrogen and oxygen atoms in total. The summed E-state index contributed by atoms with van der Waals surface area (Å²) in [5.74, 6) is -2.83. The molecule has 90 valence electrons. The van der Waals surface area contributed by atoms with E-state index in [-0.39, 0.29) is 12.2 Å². The van der Waals surface area contributed by atoms with Gasteiger partial charge < -0.3 is 5.32 Å². The topological polar surface area (TPSA) is 24.9 Å². The Balaban J connectivity index is 2.14. The van der Waals surface area contributed by atoms with Gasteiger partial charge in [-0.25, -0.2) is 18.2 Å². The van der Waals surface area contributed by atoms with Crippen molar-refractivity contribution in [3.05, 3.63) is 45.7 Å². The van der Waals surface area contributed by atoms with Gasteiger partial charge >= 0.3 is 0 Å². The fraction of sp³-hybridized carbons (Fsp3) is 0.182. The number of nitrogens with zero attached hydrogens (tertiary/aromatic N) is 1. The first-order valence-electron chi connectivity index (χ1n) is 4.85. The smallest absolute Gasteiger partial charge is 0.152 e. The van der Waals surface area contributed by atoms with Crippen LogP contribution in [0.1, 0.15) is 10.7 Å². The fourth-order valence-corrected chi connectivity index (χ4v) is 2.07. The minimum atomic E-state index is -0.948. The Labute approximate surface area is 100 Å². The molecule has 6 heteroatoms. The predicted octanol–water partition coefficient (Wildman–Crippen LogP) is 3.48. The van der Waals surface area contributed by atoms with E-state index in [4.69, 9.17) is 0 Å². The summed E-state index contributed by atoms with van der Waals surface area (Å²) in [4.78, 5) is 4.14. The highest BCUT2D eigenvalue weighted by atomic mass is 32.1. The Kier molecular flexibility index (Phi) is 3.33. The molecule has 0 aliphatic heterocycles. The number of thiazole rings is 1. The van der Waals surface area contributed by atoms with Crippen LogP contribution in [0.3, 0.4) is 0 Å². The number of benzene rings is 1. The average molecular weight is 258 g/mol. The summed E-state index contributed by atoms with van der Waals surface area (Å²) in [5.41, 5.74) is 0.520. The first kappa shape index (κ1) is 11.9. The molecule has 1 aromatic carbocycles. The van der Waals surface area contributed by atoms with Crippen LogP contribution < -0.4 is 5.32 Å². The predicted molar refractivity (Wildman–Crippen MR) is 60.5 cm³/mol. The second kappa shape index (κ2) is 4.75. The minimum Gasteiger partial charge on any atom is -0.374 e. The maximum atomic E-state index is 13.3. The molecule has 1 aromatic heterocycles. The van der Waals surface area contributed by atoms with Crippen LogP contribution in [0.2, 0.25) is 0 Å². The lowest BCUT2D eigenvalue weighted by Gasteiger charge is -2.07. The van der Waals surface area contributed by atoms with E-state index in [0.717, 1.165) is 5.69 Å². The molecule has 0 unspecified atom stereocenters. The number of hydrogen-bond acceptors (Lipinski definition) is 3. The monoisotopic (exact) mass is 258 g/mol. The molecule has 17 heavy (non-hydrogen) atoms. The maximum Gasteiger partial charge on any atom is 0.152 e. The number of aromatic nitrogens is 1. The molecule has 0 spiro atoms. The summed E-state index contributed by atoms with van der Waals surface area (Å²) in [6, 6.07) is 1.27. The van der Waals surface area contributed by atoms with Crippen LogP contribution in [0.15, 0.2) is 17.5 Å². The van der Waals surface area contributed by atoms with Crippen LogP contribution in [0, 0.1) is 24.4 Å². The highest BCUT2D eigenvalue weighted by Gasteiger charge is 2.11. The first-order chi connectivity index (χ1) is 8.06. The zero-order chi connectivity index (χ0) is 12.4. The molecule has 1 heterocycles. The van der Waals surface area contributed by atoms with Gasteiger partial charge in [-0.05, 0) is 6.92 Å². The lowest BCUT2D eigenvalue weighted by Crippen LogP contribution is -2.04. The highest BCUT2D eigenvalue weighted by Crippen LogP contribution is 2.21. The molecule has 0 atom stereocenters. The van der Waals surface area contributed by atoms with Gasteiger partial charge in [0.1, 0.15) is 16.5 Å². The van der Waals surface area contributed by atoms with Crippen molar-refractivity contribution in [3.63, 3.8) is 0 Å². The molecular formula is C11H9F3N2S. The third-order valence-electron chi connectivity index (χ3n) is 2.09. The molecular weight excluding hydrogens is 249 g/mol. The van der Waals surface area contributed by atoms with Crippen LogP contribution in [-0.2, 0) is 6.54 Å².